The van der Waals surface area contributed by atoms with Crippen LogP contribution in [-0.4, -0.2) is 23.4 Å². The zero-order valence-electron chi connectivity index (χ0n) is 15.2. The second-order valence-electron chi connectivity index (χ2n) is 5.93. The first-order valence-corrected chi connectivity index (χ1v) is 9.65. The Morgan fingerprint density at radius 2 is 1.96 bits per heavy atom. The first-order valence-electron chi connectivity index (χ1n) is 8.83. The standard InChI is InChI=1S/C20H21N3O3S/c1-3-10-26-15-7-5-6-13(11-15)19(25)21-14-8-9-16-17(12-14)27-20(22-16)23-18(24)4-2/h5-9,11-12H,3-4,10H2,1-2H3,(H,21,25)(H,22,23,24). The van der Waals surface area contributed by atoms with E-state index in [1.807, 2.05) is 25.1 Å². The SMILES string of the molecule is CCCOc1cccc(C(=O)Nc2ccc3nc(NC(=O)CC)sc3c2)c1. The quantitative estimate of drug-likeness (QED) is 0.620. The molecular formula is C20H21N3O3S. The number of aromatic nitrogens is 1. The van der Waals surface area contributed by atoms with E-state index < -0.39 is 0 Å². The van der Waals surface area contributed by atoms with Crippen LogP contribution in [0.2, 0.25) is 0 Å². The van der Waals surface area contributed by atoms with Crippen LogP contribution in [0.5, 0.6) is 5.75 Å². The minimum Gasteiger partial charge on any atom is -0.494 e. The van der Waals surface area contributed by atoms with Crippen LogP contribution in [0.4, 0.5) is 10.8 Å². The Kier molecular flexibility index (Phi) is 6.03. The van der Waals surface area contributed by atoms with Crippen molar-refractivity contribution in [2.45, 2.75) is 26.7 Å². The van der Waals surface area contributed by atoms with Gasteiger partial charge < -0.3 is 15.4 Å². The van der Waals surface area contributed by atoms with Gasteiger partial charge in [0.1, 0.15) is 5.75 Å². The molecule has 2 amide bonds. The summed E-state index contributed by atoms with van der Waals surface area (Å²) in [4.78, 5) is 28.4. The third-order valence-electron chi connectivity index (χ3n) is 3.78. The maximum Gasteiger partial charge on any atom is 0.255 e. The van der Waals surface area contributed by atoms with E-state index >= 15 is 0 Å². The number of ether oxygens (including phenoxy) is 1. The predicted octanol–water partition coefficient (Wildman–Crippen LogP) is 4.69. The summed E-state index contributed by atoms with van der Waals surface area (Å²) in [5.41, 5.74) is 1.98. The summed E-state index contributed by atoms with van der Waals surface area (Å²) in [5, 5.41) is 6.21. The van der Waals surface area contributed by atoms with Crippen molar-refractivity contribution >= 4 is 44.2 Å². The number of anilines is 2. The number of nitrogens with one attached hydrogen (secondary N) is 2. The van der Waals surface area contributed by atoms with Crippen LogP contribution in [0, 0.1) is 0 Å². The molecule has 2 aromatic carbocycles. The molecule has 27 heavy (non-hydrogen) atoms. The minimum atomic E-state index is -0.208. The number of carbonyl (C=O) groups is 2. The Balaban J connectivity index is 1.74. The molecule has 0 radical (unpaired) electrons. The molecule has 140 valence electrons. The first-order chi connectivity index (χ1) is 13.1. The topological polar surface area (TPSA) is 80.3 Å². The summed E-state index contributed by atoms with van der Waals surface area (Å²) in [6.45, 7) is 4.44. The highest BCUT2D eigenvalue weighted by atomic mass is 32.1. The predicted molar refractivity (Wildman–Crippen MR) is 109 cm³/mol. The van der Waals surface area contributed by atoms with Gasteiger partial charge in [-0.25, -0.2) is 4.98 Å². The fourth-order valence-corrected chi connectivity index (χ4v) is 3.34. The number of hydrogen-bond acceptors (Lipinski definition) is 5. The molecule has 0 saturated heterocycles. The van der Waals surface area contributed by atoms with E-state index in [-0.39, 0.29) is 11.8 Å². The van der Waals surface area contributed by atoms with Crippen molar-refractivity contribution in [3.05, 3.63) is 48.0 Å². The average Bonchev–Trinajstić information content (AvgIpc) is 3.07. The van der Waals surface area contributed by atoms with Crippen molar-refractivity contribution in [2.75, 3.05) is 17.2 Å². The first kappa shape index (κ1) is 18.8. The summed E-state index contributed by atoms with van der Waals surface area (Å²) >= 11 is 1.38. The molecule has 0 saturated carbocycles. The van der Waals surface area contributed by atoms with Gasteiger partial charge in [-0.05, 0) is 42.8 Å². The molecular weight excluding hydrogens is 362 g/mol. The summed E-state index contributed by atoms with van der Waals surface area (Å²) in [6, 6.07) is 12.6. The average molecular weight is 383 g/mol. The second-order valence-corrected chi connectivity index (χ2v) is 6.96. The number of carbonyl (C=O) groups excluding carboxylic acids is 2. The maximum absolute atomic E-state index is 12.5. The van der Waals surface area contributed by atoms with Gasteiger partial charge in [-0.2, -0.15) is 0 Å². The monoisotopic (exact) mass is 383 g/mol. The molecule has 6 nitrogen and oxygen atoms in total. The van der Waals surface area contributed by atoms with E-state index in [9.17, 15) is 9.59 Å². The number of rotatable bonds is 7. The van der Waals surface area contributed by atoms with E-state index in [0.29, 0.717) is 35.2 Å². The molecule has 3 aromatic rings. The van der Waals surface area contributed by atoms with Gasteiger partial charge in [-0.15, -0.1) is 0 Å². The van der Waals surface area contributed by atoms with Crippen LogP contribution in [0.25, 0.3) is 10.2 Å². The molecule has 0 spiro atoms. The number of benzene rings is 2. The summed E-state index contributed by atoms with van der Waals surface area (Å²) in [5.74, 6) is 0.395. The molecule has 0 bridgehead atoms. The fraction of sp³-hybridized carbons (Fsp3) is 0.250. The molecule has 0 unspecified atom stereocenters. The van der Waals surface area contributed by atoms with Gasteiger partial charge >= 0.3 is 0 Å². The summed E-state index contributed by atoms with van der Waals surface area (Å²) < 4.78 is 6.46. The highest BCUT2D eigenvalue weighted by molar-refractivity contribution is 7.22. The largest absolute Gasteiger partial charge is 0.494 e. The lowest BCUT2D eigenvalue weighted by molar-refractivity contribution is -0.115. The van der Waals surface area contributed by atoms with Crippen molar-refractivity contribution in [3.63, 3.8) is 0 Å². The summed E-state index contributed by atoms with van der Waals surface area (Å²) in [6.07, 6.45) is 1.31. The Labute approximate surface area is 161 Å². The number of amides is 2. The third kappa shape index (κ3) is 4.83. The highest BCUT2D eigenvalue weighted by Gasteiger charge is 2.10. The van der Waals surface area contributed by atoms with Crippen LogP contribution in [0.15, 0.2) is 42.5 Å². The lowest BCUT2D eigenvalue weighted by Gasteiger charge is -2.08. The molecule has 3 rings (SSSR count). The van der Waals surface area contributed by atoms with Gasteiger partial charge in [0.15, 0.2) is 5.13 Å². The lowest BCUT2D eigenvalue weighted by atomic mass is 10.2. The van der Waals surface area contributed by atoms with Crippen LogP contribution in [0.1, 0.15) is 37.0 Å². The van der Waals surface area contributed by atoms with E-state index in [4.69, 9.17) is 4.74 Å². The van der Waals surface area contributed by atoms with E-state index in [1.54, 1.807) is 31.2 Å². The Bertz CT molecular complexity index is 968. The molecule has 0 aliphatic rings. The molecule has 0 aliphatic heterocycles. The molecule has 1 aromatic heterocycles. The fourth-order valence-electron chi connectivity index (χ4n) is 2.41. The molecule has 2 N–H and O–H groups in total. The molecule has 0 atom stereocenters. The van der Waals surface area contributed by atoms with E-state index in [0.717, 1.165) is 16.6 Å². The summed E-state index contributed by atoms with van der Waals surface area (Å²) in [7, 11) is 0. The van der Waals surface area contributed by atoms with Gasteiger partial charge in [-0.1, -0.05) is 31.3 Å². The van der Waals surface area contributed by atoms with Gasteiger partial charge in [0.25, 0.3) is 5.91 Å². The molecule has 1 heterocycles. The number of thiazole rings is 1. The molecule has 7 heteroatoms. The van der Waals surface area contributed by atoms with Crippen molar-refractivity contribution in [3.8, 4) is 5.75 Å². The van der Waals surface area contributed by atoms with Gasteiger partial charge in [0, 0.05) is 17.7 Å². The van der Waals surface area contributed by atoms with Crippen LogP contribution in [-0.2, 0) is 4.79 Å². The Morgan fingerprint density at radius 1 is 1.11 bits per heavy atom. The third-order valence-corrected chi connectivity index (χ3v) is 4.72. The van der Waals surface area contributed by atoms with Crippen molar-refractivity contribution in [2.24, 2.45) is 0 Å². The molecule has 0 fully saturated rings. The van der Waals surface area contributed by atoms with E-state index in [1.165, 1.54) is 11.3 Å². The van der Waals surface area contributed by atoms with Crippen LogP contribution >= 0.6 is 11.3 Å². The van der Waals surface area contributed by atoms with Crippen molar-refractivity contribution in [1.82, 2.24) is 4.98 Å². The number of fused-ring (bicyclic) bond motifs is 1. The van der Waals surface area contributed by atoms with Gasteiger partial charge in [0.05, 0.1) is 16.8 Å². The Morgan fingerprint density at radius 3 is 2.74 bits per heavy atom. The zero-order valence-corrected chi connectivity index (χ0v) is 16.1. The normalized spacial score (nSPS) is 10.6. The molecule has 0 aliphatic carbocycles. The van der Waals surface area contributed by atoms with Crippen molar-refractivity contribution < 1.29 is 14.3 Å². The lowest BCUT2D eigenvalue weighted by Crippen LogP contribution is -2.12. The minimum absolute atomic E-state index is 0.0762. The van der Waals surface area contributed by atoms with Crippen molar-refractivity contribution in [1.29, 1.82) is 0 Å². The van der Waals surface area contributed by atoms with Gasteiger partial charge in [0.2, 0.25) is 5.91 Å². The smallest absolute Gasteiger partial charge is 0.255 e. The second kappa shape index (κ2) is 8.64. The zero-order chi connectivity index (χ0) is 19.2. The number of nitrogens with zero attached hydrogens (tertiary/aromatic N) is 1. The van der Waals surface area contributed by atoms with Gasteiger partial charge in [-0.3, -0.25) is 9.59 Å². The van der Waals surface area contributed by atoms with Crippen LogP contribution < -0.4 is 15.4 Å². The number of hydrogen-bond donors (Lipinski definition) is 2. The van der Waals surface area contributed by atoms with E-state index in [2.05, 4.69) is 15.6 Å². The highest BCUT2D eigenvalue weighted by Crippen LogP contribution is 2.28. The maximum atomic E-state index is 12.5. The Hall–Kier alpha value is -2.93. The van der Waals surface area contributed by atoms with Crippen LogP contribution in [0.3, 0.4) is 0 Å².